The van der Waals surface area contributed by atoms with Crippen molar-refractivity contribution in [2.45, 2.75) is 11.4 Å². The van der Waals surface area contributed by atoms with E-state index in [1.165, 1.54) is 0 Å². The van der Waals surface area contributed by atoms with E-state index >= 15 is 0 Å². The van der Waals surface area contributed by atoms with E-state index in [1.807, 2.05) is 0 Å². The molecule has 0 radical (unpaired) electrons. The molecule has 0 bridgehead atoms. The Bertz CT molecular complexity index is 529. The van der Waals surface area contributed by atoms with Crippen molar-refractivity contribution in [1.29, 1.82) is 0 Å². The van der Waals surface area contributed by atoms with E-state index in [2.05, 4.69) is 5.32 Å². The summed E-state index contributed by atoms with van der Waals surface area (Å²) < 4.78 is 28.3. The first-order chi connectivity index (χ1) is 11.7. The quantitative estimate of drug-likeness (QED) is 0.405. The summed E-state index contributed by atoms with van der Waals surface area (Å²) in [5, 5.41) is 2.75. The molecule has 0 aromatic heterocycles. The standard InChI is InChI=1S/C16H24N2O5S/c17-4-5-21-6-7-22-8-9-23-10-11-24(20)15-3-1-2-13-14(15)12-18-16(13)19/h1-3H,4-12,17H2,(H,18,19). The summed E-state index contributed by atoms with van der Waals surface area (Å²) in [5.74, 6) is 0.289. The number of carbonyl (C=O) groups is 1. The highest BCUT2D eigenvalue weighted by atomic mass is 32.2. The lowest BCUT2D eigenvalue weighted by Gasteiger charge is -2.13. The Kier molecular flexibility index (Phi) is 8.51. The van der Waals surface area contributed by atoms with Gasteiger partial charge in [-0.1, -0.05) is 6.07 Å². The fourth-order valence-corrected chi connectivity index (χ4v) is 3.48. The number of rotatable bonds is 12. The number of fused-ring (bicyclic) bond motifs is 1. The monoisotopic (exact) mass is 356 g/mol. The Labute approximate surface area is 145 Å². The Morgan fingerprint density at radius 2 is 1.75 bits per heavy atom. The van der Waals surface area contributed by atoms with Crippen LogP contribution in [0.25, 0.3) is 0 Å². The van der Waals surface area contributed by atoms with Gasteiger partial charge in [-0.05, 0) is 23.3 Å². The highest BCUT2D eigenvalue weighted by Gasteiger charge is 2.26. The van der Waals surface area contributed by atoms with E-state index in [4.69, 9.17) is 19.9 Å². The summed E-state index contributed by atoms with van der Waals surface area (Å²) in [6.45, 7) is 3.81. The van der Waals surface area contributed by atoms with Crippen LogP contribution in [0, 0.1) is 0 Å². The zero-order valence-electron chi connectivity index (χ0n) is 13.6. The molecule has 7 nitrogen and oxygen atoms in total. The van der Waals surface area contributed by atoms with Crippen LogP contribution in [-0.2, 0) is 31.9 Å². The number of nitrogens with one attached hydrogen (secondary N) is 1. The molecule has 1 aliphatic rings. The van der Waals surface area contributed by atoms with Crippen LogP contribution < -0.4 is 11.1 Å². The SMILES string of the molecule is NCCOCCOCCOCC[S+]([O-])c1cccc2c1CNC2=O. The summed E-state index contributed by atoms with van der Waals surface area (Å²) in [6.07, 6.45) is 0. The fourth-order valence-electron chi connectivity index (χ4n) is 2.31. The molecule has 1 unspecified atom stereocenters. The van der Waals surface area contributed by atoms with Gasteiger partial charge in [0.2, 0.25) is 0 Å². The predicted octanol–water partition coefficient (Wildman–Crippen LogP) is 0.0461. The van der Waals surface area contributed by atoms with Gasteiger partial charge in [-0.2, -0.15) is 0 Å². The highest BCUT2D eigenvalue weighted by molar-refractivity contribution is 7.91. The second kappa shape index (κ2) is 10.7. The van der Waals surface area contributed by atoms with E-state index in [9.17, 15) is 9.35 Å². The van der Waals surface area contributed by atoms with Crippen molar-refractivity contribution in [3.05, 3.63) is 29.3 Å². The number of hydrogen-bond donors (Lipinski definition) is 2. The number of ether oxygens (including phenoxy) is 3. The number of carbonyl (C=O) groups excluding carboxylic acids is 1. The summed E-state index contributed by atoms with van der Waals surface area (Å²) >= 11 is -1.18. The normalized spacial score (nSPS) is 14.5. The molecule has 1 aliphatic heterocycles. The molecule has 0 saturated carbocycles. The van der Waals surface area contributed by atoms with Gasteiger partial charge in [-0.3, -0.25) is 4.79 Å². The third-order valence-electron chi connectivity index (χ3n) is 3.47. The Hall–Kier alpha value is -1.16. The summed E-state index contributed by atoms with van der Waals surface area (Å²) in [7, 11) is 0. The molecule has 1 heterocycles. The first-order valence-electron chi connectivity index (χ1n) is 7.96. The second-order valence-corrected chi connectivity index (χ2v) is 6.68. The molecule has 1 aromatic carbocycles. The van der Waals surface area contributed by atoms with Crippen LogP contribution in [0.4, 0.5) is 0 Å². The molecule has 0 aliphatic carbocycles. The fraction of sp³-hybridized carbons (Fsp3) is 0.562. The van der Waals surface area contributed by atoms with Gasteiger partial charge in [-0.25, -0.2) is 0 Å². The first-order valence-corrected chi connectivity index (χ1v) is 9.27. The summed E-state index contributed by atoms with van der Waals surface area (Å²) in [4.78, 5) is 12.3. The van der Waals surface area contributed by atoms with Crippen LogP contribution in [0.5, 0.6) is 0 Å². The van der Waals surface area contributed by atoms with Crippen LogP contribution >= 0.6 is 0 Å². The van der Waals surface area contributed by atoms with E-state index in [-0.39, 0.29) is 5.91 Å². The van der Waals surface area contributed by atoms with Gasteiger partial charge >= 0.3 is 0 Å². The molecule has 3 N–H and O–H groups in total. The maximum atomic E-state index is 12.4. The van der Waals surface area contributed by atoms with Crippen molar-refractivity contribution in [2.24, 2.45) is 5.73 Å². The van der Waals surface area contributed by atoms with Gasteiger partial charge in [0.25, 0.3) is 5.91 Å². The third kappa shape index (κ3) is 5.73. The lowest BCUT2D eigenvalue weighted by molar-refractivity contribution is 0.0188. The smallest absolute Gasteiger partial charge is 0.252 e. The second-order valence-electron chi connectivity index (χ2n) is 5.14. The Morgan fingerprint density at radius 3 is 2.46 bits per heavy atom. The zero-order valence-corrected chi connectivity index (χ0v) is 14.4. The van der Waals surface area contributed by atoms with Crippen molar-refractivity contribution >= 4 is 17.1 Å². The van der Waals surface area contributed by atoms with Crippen LogP contribution in [0.2, 0.25) is 0 Å². The van der Waals surface area contributed by atoms with E-state index < -0.39 is 11.2 Å². The van der Waals surface area contributed by atoms with Gasteiger partial charge < -0.3 is 29.8 Å². The average molecular weight is 356 g/mol. The van der Waals surface area contributed by atoms with Crippen molar-refractivity contribution < 1.29 is 23.6 Å². The van der Waals surface area contributed by atoms with E-state index in [0.29, 0.717) is 68.9 Å². The minimum Gasteiger partial charge on any atom is -0.611 e. The van der Waals surface area contributed by atoms with E-state index in [1.54, 1.807) is 18.2 Å². The van der Waals surface area contributed by atoms with E-state index in [0.717, 1.165) is 5.56 Å². The molecule has 1 amide bonds. The molecule has 134 valence electrons. The van der Waals surface area contributed by atoms with Gasteiger partial charge in [0.05, 0.1) is 39.6 Å². The van der Waals surface area contributed by atoms with Crippen LogP contribution in [0.3, 0.4) is 0 Å². The minimum atomic E-state index is -1.18. The summed E-state index contributed by atoms with van der Waals surface area (Å²) in [6, 6.07) is 5.32. The first kappa shape index (κ1) is 19.2. The molecule has 0 fully saturated rings. The Morgan fingerprint density at radius 1 is 1.08 bits per heavy atom. The molecular weight excluding hydrogens is 332 g/mol. The minimum absolute atomic E-state index is 0.104. The predicted molar refractivity (Wildman–Crippen MR) is 90.4 cm³/mol. The van der Waals surface area contributed by atoms with Crippen LogP contribution in [0.15, 0.2) is 23.1 Å². The lowest BCUT2D eigenvalue weighted by Crippen LogP contribution is -2.17. The van der Waals surface area contributed by atoms with Crippen LogP contribution in [-0.4, -0.2) is 62.4 Å². The maximum absolute atomic E-state index is 12.4. The van der Waals surface area contributed by atoms with Gasteiger partial charge in [0, 0.05) is 24.2 Å². The molecule has 1 atom stereocenters. The van der Waals surface area contributed by atoms with Crippen molar-refractivity contribution in [2.75, 3.05) is 51.9 Å². The van der Waals surface area contributed by atoms with Gasteiger partial charge in [-0.15, -0.1) is 0 Å². The van der Waals surface area contributed by atoms with Crippen molar-refractivity contribution in [3.8, 4) is 0 Å². The molecule has 24 heavy (non-hydrogen) atoms. The molecular formula is C16H24N2O5S. The molecule has 1 aromatic rings. The maximum Gasteiger partial charge on any atom is 0.252 e. The molecule has 8 heteroatoms. The third-order valence-corrected chi connectivity index (χ3v) is 4.88. The molecule has 2 rings (SSSR count). The van der Waals surface area contributed by atoms with Crippen molar-refractivity contribution in [3.63, 3.8) is 0 Å². The van der Waals surface area contributed by atoms with Crippen LogP contribution in [0.1, 0.15) is 15.9 Å². The average Bonchev–Trinajstić information content (AvgIpc) is 2.98. The van der Waals surface area contributed by atoms with Gasteiger partial charge in [0.15, 0.2) is 4.90 Å². The van der Waals surface area contributed by atoms with Crippen molar-refractivity contribution in [1.82, 2.24) is 5.32 Å². The number of benzene rings is 1. The number of hydrogen-bond acceptors (Lipinski definition) is 6. The Balaban J connectivity index is 1.59. The highest BCUT2D eigenvalue weighted by Crippen LogP contribution is 2.24. The lowest BCUT2D eigenvalue weighted by atomic mass is 10.1. The largest absolute Gasteiger partial charge is 0.611 e. The molecule has 0 saturated heterocycles. The topological polar surface area (TPSA) is 106 Å². The summed E-state index contributed by atoms with van der Waals surface area (Å²) in [5.41, 5.74) is 6.75. The number of nitrogens with two attached hydrogens (primary N) is 1. The molecule has 0 spiro atoms. The zero-order chi connectivity index (χ0) is 17.2. The van der Waals surface area contributed by atoms with Gasteiger partial charge in [0.1, 0.15) is 5.75 Å². The number of amides is 1.